The lowest BCUT2D eigenvalue weighted by molar-refractivity contribution is 0.171. The van der Waals surface area contributed by atoms with Crippen LogP contribution in [0.25, 0.3) is 21.1 Å². The summed E-state index contributed by atoms with van der Waals surface area (Å²) in [4.78, 5) is 26.2. The maximum Gasteiger partial charge on any atom is 0.253 e. The van der Waals surface area contributed by atoms with Crippen molar-refractivity contribution >= 4 is 37.6 Å². The number of nitrogens with zero attached hydrogens (tertiary/aromatic N) is 7. The Labute approximate surface area is 223 Å². The van der Waals surface area contributed by atoms with Gasteiger partial charge in [0.05, 0.1) is 28.9 Å². The summed E-state index contributed by atoms with van der Waals surface area (Å²) in [5.41, 5.74) is 4.61. The molecule has 0 aliphatic carbocycles. The van der Waals surface area contributed by atoms with Gasteiger partial charge in [0, 0.05) is 38.9 Å². The fraction of sp³-hybridized carbons (Fsp3) is 0.370. The summed E-state index contributed by atoms with van der Waals surface area (Å²) in [7, 11) is 1.65. The van der Waals surface area contributed by atoms with E-state index in [0.717, 1.165) is 58.9 Å². The van der Waals surface area contributed by atoms with Gasteiger partial charge in [0.1, 0.15) is 6.04 Å². The average molecular weight is 531 g/mol. The smallest absolute Gasteiger partial charge is 0.253 e. The molecular weight excluding hydrogens is 500 g/mol. The number of pyridine rings is 1. The number of nitrogens with one attached hydrogen (secondary N) is 1. The Morgan fingerprint density at radius 3 is 2.71 bits per heavy atom. The molecule has 0 spiro atoms. The van der Waals surface area contributed by atoms with Gasteiger partial charge in [-0.1, -0.05) is 35.1 Å². The molecule has 0 saturated carbocycles. The first kappa shape index (κ1) is 24.7. The zero-order chi connectivity index (χ0) is 26.2. The van der Waals surface area contributed by atoms with E-state index >= 15 is 0 Å². The predicted octanol–water partition coefficient (Wildman–Crippen LogP) is 3.30. The summed E-state index contributed by atoms with van der Waals surface area (Å²) in [5, 5.41) is 14.6. The fourth-order valence-corrected chi connectivity index (χ4v) is 6.33. The number of piperazine rings is 1. The lowest BCUT2D eigenvalue weighted by atomic mass is 10.00. The average Bonchev–Trinajstić information content (AvgIpc) is 3.56. The summed E-state index contributed by atoms with van der Waals surface area (Å²) in [5.74, 6) is 0.643. The Kier molecular flexibility index (Phi) is 6.64. The molecule has 1 aliphatic rings. The molecule has 11 heteroatoms. The number of hydrogen-bond donors (Lipinski definition) is 1. The molecule has 4 heterocycles. The molecule has 6 rings (SSSR count). The molecule has 5 aromatic rings. The Balaban J connectivity index is 1.37. The molecule has 10 nitrogen and oxygen atoms in total. The second-order valence-corrected chi connectivity index (χ2v) is 10.8. The van der Waals surface area contributed by atoms with Gasteiger partial charge in [-0.25, -0.2) is 9.67 Å². The van der Waals surface area contributed by atoms with Crippen molar-refractivity contribution < 1.29 is 4.74 Å². The van der Waals surface area contributed by atoms with Crippen LogP contribution < -0.4 is 10.5 Å². The van der Waals surface area contributed by atoms with Crippen LogP contribution in [0, 0.1) is 13.8 Å². The second kappa shape index (κ2) is 10.2. The first-order valence-electron chi connectivity index (χ1n) is 12.8. The van der Waals surface area contributed by atoms with Crippen molar-refractivity contribution in [1.82, 2.24) is 35.1 Å². The van der Waals surface area contributed by atoms with E-state index in [0.29, 0.717) is 24.5 Å². The SMILES string of the molecule is COCCn1nnnc1[C@@H](c1cc2cc(C)cc(C)c2[nH]c1=O)N1CCN(c2nc3ccccc3s2)CC1. The van der Waals surface area contributed by atoms with Gasteiger partial charge >= 0.3 is 0 Å². The van der Waals surface area contributed by atoms with E-state index in [9.17, 15) is 4.79 Å². The molecule has 1 saturated heterocycles. The molecular formula is C27H30N8O2S. The number of hydrogen-bond acceptors (Lipinski definition) is 9. The number of rotatable bonds is 7. The van der Waals surface area contributed by atoms with Crippen molar-refractivity contribution in [2.24, 2.45) is 0 Å². The van der Waals surface area contributed by atoms with Crippen LogP contribution in [0.3, 0.4) is 0 Å². The number of benzene rings is 2. The molecule has 0 radical (unpaired) electrons. The zero-order valence-electron chi connectivity index (χ0n) is 21.7. The lowest BCUT2D eigenvalue weighted by Gasteiger charge is -2.38. The largest absolute Gasteiger partial charge is 0.383 e. The summed E-state index contributed by atoms with van der Waals surface area (Å²) < 4.78 is 8.22. The number of aromatic amines is 1. The maximum atomic E-state index is 13.6. The monoisotopic (exact) mass is 530 g/mol. The van der Waals surface area contributed by atoms with Gasteiger partial charge < -0.3 is 14.6 Å². The number of aryl methyl sites for hydroxylation is 2. The van der Waals surface area contributed by atoms with Crippen LogP contribution in [0.2, 0.25) is 0 Å². The minimum atomic E-state index is -0.395. The third kappa shape index (κ3) is 4.57. The number of thiazole rings is 1. The van der Waals surface area contributed by atoms with Crippen LogP contribution in [-0.2, 0) is 11.3 Å². The third-order valence-electron chi connectivity index (χ3n) is 7.16. The van der Waals surface area contributed by atoms with Crippen molar-refractivity contribution in [2.45, 2.75) is 26.4 Å². The highest BCUT2D eigenvalue weighted by Gasteiger charge is 2.33. The van der Waals surface area contributed by atoms with Crippen molar-refractivity contribution in [2.75, 3.05) is 44.8 Å². The second-order valence-electron chi connectivity index (χ2n) is 9.74. The van der Waals surface area contributed by atoms with Crippen LogP contribution in [0.5, 0.6) is 0 Å². The van der Waals surface area contributed by atoms with Gasteiger partial charge in [-0.15, -0.1) is 5.10 Å². The summed E-state index contributed by atoms with van der Waals surface area (Å²) in [6.45, 7) is 8.13. The highest BCUT2D eigenvalue weighted by Crippen LogP contribution is 2.32. The Hall–Kier alpha value is -3.67. The Morgan fingerprint density at radius 2 is 1.92 bits per heavy atom. The van der Waals surface area contributed by atoms with Gasteiger partial charge in [0.25, 0.3) is 5.56 Å². The van der Waals surface area contributed by atoms with Crippen LogP contribution in [0.15, 0.2) is 47.3 Å². The van der Waals surface area contributed by atoms with Gasteiger partial charge in [-0.2, -0.15) is 0 Å². The van der Waals surface area contributed by atoms with Crippen molar-refractivity contribution in [3.8, 4) is 0 Å². The van der Waals surface area contributed by atoms with Crippen LogP contribution in [0.1, 0.15) is 28.6 Å². The lowest BCUT2D eigenvalue weighted by Crippen LogP contribution is -2.49. The number of ether oxygens (including phenoxy) is 1. The van der Waals surface area contributed by atoms with E-state index < -0.39 is 6.04 Å². The molecule has 0 amide bonds. The molecule has 1 aliphatic heterocycles. The topological polar surface area (TPSA) is 105 Å². The number of tetrazole rings is 1. The minimum Gasteiger partial charge on any atom is -0.383 e. The van der Waals surface area contributed by atoms with Crippen LogP contribution in [0.4, 0.5) is 5.13 Å². The summed E-state index contributed by atoms with van der Waals surface area (Å²) in [6.07, 6.45) is 0. The van der Waals surface area contributed by atoms with Crippen molar-refractivity contribution in [1.29, 1.82) is 0 Å². The number of methoxy groups -OCH3 is 1. The van der Waals surface area contributed by atoms with Gasteiger partial charge in [-0.3, -0.25) is 9.69 Å². The van der Waals surface area contributed by atoms with E-state index in [1.54, 1.807) is 23.1 Å². The molecule has 196 valence electrons. The van der Waals surface area contributed by atoms with E-state index in [-0.39, 0.29) is 5.56 Å². The molecule has 1 atom stereocenters. The first-order chi connectivity index (χ1) is 18.5. The van der Waals surface area contributed by atoms with E-state index in [2.05, 4.69) is 61.5 Å². The number of aromatic nitrogens is 6. The standard InChI is InChI=1S/C27H30N8O2S/c1-17-14-18(2)23-19(15-17)16-20(26(36)29-23)24(25-30-31-32-35(25)12-13-37-3)33-8-10-34(11-9-33)27-28-21-6-4-5-7-22(21)38-27/h4-7,14-16,24H,8-13H2,1-3H3,(H,29,36)/t24-/m1/s1. The molecule has 2 aromatic carbocycles. The van der Waals surface area contributed by atoms with E-state index in [1.165, 1.54) is 4.70 Å². The maximum absolute atomic E-state index is 13.6. The first-order valence-corrected chi connectivity index (χ1v) is 13.6. The highest BCUT2D eigenvalue weighted by atomic mass is 32.1. The number of para-hydroxylation sites is 1. The normalized spacial score (nSPS) is 15.5. The Morgan fingerprint density at radius 1 is 1.11 bits per heavy atom. The summed E-state index contributed by atoms with van der Waals surface area (Å²) in [6, 6.07) is 14.0. The van der Waals surface area contributed by atoms with Gasteiger partial charge in [0.2, 0.25) is 0 Å². The molecule has 38 heavy (non-hydrogen) atoms. The van der Waals surface area contributed by atoms with Crippen molar-refractivity contribution in [3.63, 3.8) is 0 Å². The molecule has 1 fully saturated rings. The highest BCUT2D eigenvalue weighted by molar-refractivity contribution is 7.22. The Bertz CT molecular complexity index is 1620. The van der Waals surface area contributed by atoms with E-state index in [1.807, 2.05) is 25.1 Å². The van der Waals surface area contributed by atoms with Crippen molar-refractivity contribution in [3.05, 3.63) is 75.3 Å². The zero-order valence-corrected chi connectivity index (χ0v) is 22.5. The van der Waals surface area contributed by atoms with Gasteiger partial charge in [-0.05, 0) is 59.5 Å². The predicted molar refractivity (Wildman–Crippen MR) is 149 cm³/mol. The fourth-order valence-electron chi connectivity index (χ4n) is 5.32. The number of H-pyrrole nitrogens is 1. The minimum absolute atomic E-state index is 0.121. The summed E-state index contributed by atoms with van der Waals surface area (Å²) >= 11 is 1.72. The van der Waals surface area contributed by atoms with E-state index in [4.69, 9.17) is 9.72 Å². The quantitative estimate of drug-likeness (QED) is 0.342. The van der Waals surface area contributed by atoms with Crippen LogP contribution in [-0.4, -0.2) is 75.0 Å². The third-order valence-corrected chi connectivity index (χ3v) is 8.26. The molecule has 3 aromatic heterocycles. The number of anilines is 1. The van der Waals surface area contributed by atoms with Crippen LogP contribution >= 0.6 is 11.3 Å². The molecule has 0 unspecified atom stereocenters. The molecule has 0 bridgehead atoms. The number of fused-ring (bicyclic) bond motifs is 2. The van der Waals surface area contributed by atoms with Gasteiger partial charge in [0.15, 0.2) is 11.0 Å². The molecule has 1 N–H and O–H groups in total.